The first-order valence-electron chi connectivity index (χ1n) is 10.7. The summed E-state index contributed by atoms with van der Waals surface area (Å²) < 4.78 is 1.95. The van der Waals surface area contributed by atoms with E-state index in [1.165, 1.54) is 25.8 Å². The molecule has 3 aliphatic heterocycles. The van der Waals surface area contributed by atoms with Gasteiger partial charge in [0.15, 0.2) is 0 Å². The molecule has 6 rings (SSSR count). The number of hydrogen-bond acceptors (Lipinski definition) is 4. The Balaban J connectivity index is 1.21. The van der Waals surface area contributed by atoms with Gasteiger partial charge in [0.2, 0.25) is 5.91 Å². The molecule has 2 aromatic rings. The number of pyridine rings is 1. The minimum Gasteiger partial charge on any atom is -0.353 e. The van der Waals surface area contributed by atoms with Crippen LogP contribution in [0, 0.1) is 11.8 Å². The lowest BCUT2D eigenvalue weighted by atomic mass is 9.75. The van der Waals surface area contributed by atoms with Crippen molar-refractivity contribution in [2.75, 3.05) is 13.1 Å². The SMILES string of the molecule is O=C(NC1CCCC1)[C@H]1C[NH+]2CC[C@@H]1C[C@@H]2Cn1cc(-c2ccccn2)nn1. The van der Waals surface area contributed by atoms with E-state index in [0.717, 1.165) is 43.7 Å². The third-order valence-corrected chi connectivity index (χ3v) is 6.96. The third-order valence-electron chi connectivity index (χ3n) is 6.96. The smallest absolute Gasteiger partial charge is 0.229 e. The number of carbonyl (C=O) groups excluding carboxylic acids is 1. The van der Waals surface area contributed by atoms with Crippen LogP contribution in [-0.4, -0.2) is 51.1 Å². The molecule has 148 valence electrons. The highest BCUT2D eigenvalue weighted by molar-refractivity contribution is 5.79. The van der Waals surface area contributed by atoms with Crippen molar-refractivity contribution in [2.45, 2.75) is 57.2 Å². The van der Waals surface area contributed by atoms with E-state index in [1.807, 2.05) is 29.1 Å². The van der Waals surface area contributed by atoms with E-state index in [1.54, 1.807) is 11.1 Å². The first kappa shape index (κ1) is 17.8. The number of carbonyl (C=O) groups is 1. The molecule has 2 bridgehead atoms. The number of nitrogens with zero attached hydrogens (tertiary/aromatic N) is 4. The molecule has 7 heteroatoms. The molecule has 4 fully saturated rings. The fourth-order valence-corrected chi connectivity index (χ4v) is 5.44. The molecule has 2 aromatic heterocycles. The van der Waals surface area contributed by atoms with Crippen molar-refractivity contribution in [1.82, 2.24) is 25.3 Å². The zero-order valence-electron chi connectivity index (χ0n) is 16.3. The predicted molar refractivity (Wildman–Crippen MR) is 104 cm³/mol. The number of nitrogens with one attached hydrogen (secondary N) is 2. The van der Waals surface area contributed by atoms with Crippen LogP contribution in [0.2, 0.25) is 0 Å². The molecule has 7 nitrogen and oxygen atoms in total. The van der Waals surface area contributed by atoms with E-state index < -0.39 is 0 Å². The van der Waals surface area contributed by atoms with Gasteiger partial charge in [-0.25, -0.2) is 4.68 Å². The van der Waals surface area contributed by atoms with Crippen molar-refractivity contribution < 1.29 is 9.69 Å². The van der Waals surface area contributed by atoms with Gasteiger partial charge < -0.3 is 10.2 Å². The van der Waals surface area contributed by atoms with Gasteiger partial charge in [0.25, 0.3) is 0 Å². The summed E-state index contributed by atoms with van der Waals surface area (Å²) >= 11 is 0. The van der Waals surface area contributed by atoms with E-state index in [2.05, 4.69) is 20.6 Å². The number of hydrogen-bond donors (Lipinski definition) is 2. The topological polar surface area (TPSA) is 77.1 Å². The van der Waals surface area contributed by atoms with Crippen molar-refractivity contribution in [2.24, 2.45) is 11.8 Å². The highest BCUT2D eigenvalue weighted by Crippen LogP contribution is 2.28. The number of fused-ring (bicyclic) bond motifs is 3. The molecular formula is C21H29N6O+. The third kappa shape index (κ3) is 3.55. The van der Waals surface area contributed by atoms with Gasteiger partial charge in [0.1, 0.15) is 11.7 Å². The van der Waals surface area contributed by atoms with Crippen LogP contribution in [-0.2, 0) is 11.3 Å². The molecule has 2 N–H and O–H groups in total. The second kappa shape index (κ2) is 7.62. The molecular weight excluding hydrogens is 352 g/mol. The Bertz CT molecular complexity index is 815. The maximum Gasteiger partial charge on any atom is 0.229 e. The number of piperidine rings is 3. The van der Waals surface area contributed by atoms with Crippen molar-refractivity contribution in [3.05, 3.63) is 30.6 Å². The van der Waals surface area contributed by atoms with Gasteiger partial charge in [-0.3, -0.25) is 9.78 Å². The summed E-state index contributed by atoms with van der Waals surface area (Å²) in [4.78, 5) is 18.7. The van der Waals surface area contributed by atoms with Crippen LogP contribution in [0.1, 0.15) is 38.5 Å². The molecule has 4 atom stereocenters. The van der Waals surface area contributed by atoms with E-state index in [9.17, 15) is 4.79 Å². The quantitative estimate of drug-likeness (QED) is 0.799. The van der Waals surface area contributed by atoms with E-state index in [4.69, 9.17) is 0 Å². The summed E-state index contributed by atoms with van der Waals surface area (Å²) in [6.07, 6.45) is 10.9. The van der Waals surface area contributed by atoms with Crippen molar-refractivity contribution in [3.8, 4) is 11.4 Å². The Kier molecular flexibility index (Phi) is 4.84. The molecule has 28 heavy (non-hydrogen) atoms. The molecule has 0 aromatic carbocycles. The second-order valence-electron chi connectivity index (χ2n) is 8.73. The van der Waals surface area contributed by atoms with E-state index >= 15 is 0 Å². The van der Waals surface area contributed by atoms with Gasteiger partial charge in [-0.15, -0.1) is 5.10 Å². The van der Waals surface area contributed by atoms with Crippen molar-refractivity contribution in [3.63, 3.8) is 0 Å². The molecule has 1 aliphatic carbocycles. The molecule has 1 amide bonds. The Labute approximate surface area is 165 Å². The predicted octanol–water partition coefficient (Wildman–Crippen LogP) is 0.692. The second-order valence-corrected chi connectivity index (χ2v) is 8.73. The lowest BCUT2D eigenvalue weighted by molar-refractivity contribution is -0.945. The first-order chi connectivity index (χ1) is 13.8. The van der Waals surface area contributed by atoms with Gasteiger partial charge in [-0.05, 0) is 30.9 Å². The molecule has 3 saturated heterocycles. The molecule has 5 heterocycles. The monoisotopic (exact) mass is 381 g/mol. The Morgan fingerprint density at radius 2 is 2.11 bits per heavy atom. The van der Waals surface area contributed by atoms with Gasteiger partial charge in [0.05, 0.1) is 37.4 Å². The Morgan fingerprint density at radius 1 is 1.21 bits per heavy atom. The average molecular weight is 382 g/mol. The van der Waals surface area contributed by atoms with Gasteiger partial charge in [0, 0.05) is 25.1 Å². The van der Waals surface area contributed by atoms with Crippen LogP contribution in [0.4, 0.5) is 0 Å². The molecule has 1 unspecified atom stereocenters. The summed E-state index contributed by atoms with van der Waals surface area (Å²) in [5.41, 5.74) is 1.68. The highest BCUT2D eigenvalue weighted by Gasteiger charge is 2.46. The minimum absolute atomic E-state index is 0.195. The Morgan fingerprint density at radius 3 is 2.86 bits per heavy atom. The van der Waals surface area contributed by atoms with Crippen LogP contribution in [0.5, 0.6) is 0 Å². The molecule has 1 saturated carbocycles. The Hall–Kier alpha value is -2.28. The first-order valence-corrected chi connectivity index (χ1v) is 10.7. The lowest BCUT2D eigenvalue weighted by Gasteiger charge is -2.46. The molecule has 0 radical (unpaired) electrons. The standard InChI is InChI=1S/C21H28N6O/c28-21(23-16-5-1-2-6-16)18-13-26-10-8-15(18)11-17(26)12-27-14-20(24-25-27)19-7-3-4-9-22-19/h3-4,7,9,14-18H,1-2,5-6,8,10-13H2,(H,23,28)/p+1/t15-,17-,18+/m1/s1. The van der Waals surface area contributed by atoms with Gasteiger partial charge >= 0.3 is 0 Å². The maximum absolute atomic E-state index is 12.8. The summed E-state index contributed by atoms with van der Waals surface area (Å²) in [6, 6.07) is 6.78. The highest BCUT2D eigenvalue weighted by atomic mass is 16.2. The van der Waals surface area contributed by atoms with Crippen molar-refractivity contribution >= 4 is 5.91 Å². The minimum atomic E-state index is 0.195. The summed E-state index contributed by atoms with van der Waals surface area (Å²) in [7, 11) is 0. The van der Waals surface area contributed by atoms with E-state index in [0.29, 0.717) is 23.9 Å². The fraction of sp³-hybridized carbons (Fsp3) is 0.619. The molecule has 4 aliphatic rings. The molecule has 0 spiro atoms. The van der Waals surface area contributed by atoms with Crippen LogP contribution < -0.4 is 10.2 Å². The van der Waals surface area contributed by atoms with Crippen LogP contribution >= 0.6 is 0 Å². The van der Waals surface area contributed by atoms with Crippen molar-refractivity contribution in [1.29, 1.82) is 0 Å². The zero-order valence-corrected chi connectivity index (χ0v) is 16.3. The lowest BCUT2D eigenvalue weighted by Crippen LogP contribution is -3.20. The normalized spacial score (nSPS) is 29.9. The van der Waals surface area contributed by atoms with Gasteiger partial charge in [-0.1, -0.05) is 24.1 Å². The number of amides is 1. The summed E-state index contributed by atoms with van der Waals surface area (Å²) in [5, 5.41) is 12.0. The summed E-state index contributed by atoms with van der Waals surface area (Å²) in [5.74, 6) is 1.02. The van der Waals surface area contributed by atoms with Gasteiger partial charge in [-0.2, -0.15) is 0 Å². The largest absolute Gasteiger partial charge is 0.353 e. The maximum atomic E-state index is 12.8. The van der Waals surface area contributed by atoms with Crippen LogP contribution in [0.25, 0.3) is 11.4 Å². The van der Waals surface area contributed by atoms with Crippen LogP contribution in [0.15, 0.2) is 30.6 Å². The fourth-order valence-electron chi connectivity index (χ4n) is 5.44. The summed E-state index contributed by atoms with van der Waals surface area (Å²) in [6.45, 7) is 3.00. The average Bonchev–Trinajstić information content (AvgIpc) is 3.41. The number of rotatable bonds is 5. The van der Waals surface area contributed by atoms with Crippen LogP contribution in [0.3, 0.4) is 0 Å². The zero-order chi connectivity index (χ0) is 18.9. The number of quaternary nitrogens is 1. The van der Waals surface area contributed by atoms with E-state index in [-0.39, 0.29) is 5.92 Å². The number of aromatic nitrogens is 4.